The van der Waals surface area contributed by atoms with Gasteiger partial charge in [0.1, 0.15) is 6.10 Å². The van der Waals surface area contributed by atoms with Crippen molar-refractivity contribution in [2.45, 2.75) is 65.2 Å². The first kappa shape index (κ1) is 19.9. The molecule has 0 amide bonds. The molecule has 0 saturated heterocycles. The molecule has 2 fully saturated rings. The van der Waals surface area contributed by atoms with Gasteiger partial charge < -0.3 is 4.74 Å². The number of rotatable bonds is 3. The van der Waals surface area contributed by atoms with E-state index in [-0.39, 0.29) is 23.0 Å². The van der Waals surface area contributed by atoms with E-state index >= 15 is 4.39 Å². The van der Waals surface area contributed by atoms with Crippen molar-refractivity contribution in [3.8, 4) is 0 Å². The maximum atomic E-state index is 17.3. The Kier molecular flexibility index (Phi) is 4.68. The smallest absolute Gasteiger partial charge is 0.303 e. The van der Waals surface area contributed by atoms with Crippen LogP contribution in [0.3, 0.4) is 0 Å². The number of carbonyl (C=O) groups is 2. The molecule has 4 aliphatic carbocycles. The highest BCUT2D eigenvalue weighted by molar-refractivity contribution is 8.03. The summed E-state index contributed by atoms with van der Waals surface area (Å²) in [6.45, 7) is 7.61. The molecule has 28 heavy (non-hydrogen) atoms. The molecule has 2 saturated carbocycles. The van der Waals surface area contributed by atoms with E-state index in [1.165, 1.54) is 17.9 Å². The number of ether oxygens (including phenoxy) is 1. The van der Waals surface area contributed by atoms with E-state index < -0.39 is 23.2 Å². The van der Waals surface area contributed by atoms with Gasteiger partial charge in [0, 0.05) is 23.7 Å². The van der Waals surface area contributed by atoms with Crippen molar-refractivity contribution in [3.63, 3.8) is 0 Å². The monoisotopic (exact) mass is 404 g/mol. The summed E-state index contributed by atoms with van der Waals surface area (Å²) < 4.78 is 23.0. The van der Waals surface area contributed by atoms with Crippen molar-refractivity contribution in [1.82, 2.24) is 0 Å². The Bertz CT molecular complexity index is 815. The molecule has 0 aromatic carbocycles. The van der Waals surface area contributed by atoms with E-state index in [0.717, 1.165) is 24.2 Å². The largest absolute Gasteiger partial charge is 0.459 e. The van der Waals surface area contributed by atoms with Crippen LogP contribution in [0, 0.1) is 22.7 Å². The molecule has 0 aliphatic heterocycles. The zero-order valence-corrected chi connectivity index (χ0v) is 17.9. The third-order valence-electron chi connectivity index (χ3n) is 7.73. The third-order valence-corrected chi connectivity index (χ3v) is 8.97. The van der Waals surface area contributed by atoms with Crippen molar-refractivity contribution in [2.24, 2.45) is 22.7 Å². The van der Waals surface area contributed by atoms with Gasteiger partial charge in [0.05, 0.1) is 0 Å². The summed E-state index contributed by atoms with van der Waals surface area (Å²) in [6, 6.07) is 0. The number of esters is 1. The van der Waals surface area contributed by atoms with Gasteiger partial charge in [-0.2, -0.15) is 0 Å². The number of alkyl halides is 1. The second-order valence-electron chi connectivity index (χ2n) is 9.08. The Labute approximate surface area is 170 Å². The van der Waals surface area contributed by atoms with Gasteiger partial charge in [-0.3, -0.25) is 9.59 Å². The molecule has 0 N–H and O–H groups in total. The number of carbonyl (C=O) groups excluding carboxylic acids is 2. The number of fused-ring (bicyclic) bond motifs is 5. The lowest BCUT2D eigenvalue weighted by atomic mass is 9.46. The third kappa shape index (κ3) is 2.54. The van der Waals surface area contributed by atoms with Gasteiger partial charge in [-0.15, -0.1) is 11.8 Å². The van der Waals surface area contributed by atoms with Gasteiger partial charge in [0.2, 0.25) is 0 Å². The number of halogens is 1. The van der Waals surface area contributed by atoms with Crippen LogP contribution in [0.5, 0.6) is 0 Å². The van der Waals surface area contributed by atoms with E-state index in [9.17, 15) is 9.59 Å². The van der Waals surface area contributed by atoms with E-state index in [0.29, 0.717) is 12.8 Å². The maximum absolute atomic E-state index is 17.3. The summed E-state index contributed by atoms with van der Waals surface area (Å²) in [4.78, 5) is 25.2. The van der Waals surface area contributed by atoms with Crippen LogP contribution >= 0.6 is 11.8 Å². The summed E-state index contributed by atoms with van der Waals surface area (Å²) in [7, 11) is 0. The van der Waals surface area contributed by atoms with E-state index in [2.05, 4.69) is 19.9 Å². The van der Waals surface area contributed by atoms with Gasteiger partial charge >= 0.3 is 5.97 Å². The minimum atomic E-state index is -1.70. The van der Waals surface area contributed by atoms with Gasteiger partial charge in [-0.1, -0.05) is 31.6 Å². The molecule has 0 spiro atoms. The Morgan fingerprint density at radius 2 is 2.11 bits per heavy atom. The average molecular weight is 405 g/mol. The molecular weight excluding hydrogens is 375 g/mol. The summed E-state index contributed by atoms with van der Waals surface area (Å²) >= 11 is 1.83. The number of hydrogen-bond donors (Lipinski definition) is 0. The molecule has 0 bridgehead atoms. The fourth-order valence-electron chi connectivity index (χ4n) is 6.42. The molecule has 0 aromatic heterocycles. The quantitative estimate of drug-likeness (QED) is 0.608. The van der Waals surface area contributed by atoms with Crippen LogP contribution < -0.4 is 0 Å². The van der Waals surface area contributed by atoms with Crippen LogP contribution in [0.2, 0.25) is 0 Å². The lowest BCUT2D eigenvalue weighted by Crippen LogP contribution is -2.67. The number of hydrogen-bond acceptors (Lipinski definition) is 4. The fourth-order valence-corrected chi connectivity index (χ4v) is 7.51. The molecule has 0 heterocycles. The molecule has 0 aromatic rings. The van der Waals surface area contributed by atoms with E-state index in [1.807, 2.05) is 18.7 Å². The molecule has 4 aliphatic rings. The van der Waals surface area contributed by atoms with Crippen LogP contribution in [0.25, 0.3) is 0 Å². The highest BCUT2D eigenvalue weighted by Gasteiger charge is 2.70. The van der Waals surface area contributed by atoms with Crippen LogP contribution in [0.4, 0.5) is 4.39 Å². The molecule has 0 radical (unpaired) electrons. The van der Waals surface area contributed by atoms with E-state index in [1.54, 1.807) is 12.2 Å². The average Bonchev–Trinajstić information content (AvgIpc) is 2.93. The van der Waals surface area contributed by atoms with Crippen molar-refractivity contribution in [1.29, 1.82) is 0 Å². The fraction of sp³-hybridized carbons (Fsp3) is 0.652. The van der Waals surface area contributed by atoms with E-state index in [4.69, 9.17) is 4.74 Å². The molecule has 0 unspecified atom stereocenters. The Morgan fingerprint density at radius 1 is 1.36 bits per heavy atom. The van der Waals surface area contributed by atoms with Gasteiger partial charge in [0.25, 0.3) is 0 Å². The Morgan fingerprint density at radius 3 is 2.79 bits per heavy atom. The van der Waals surface area contributed by atoms with Crippen LogP contribution in [0.15, 0.2) is 34.8 Å². The van der Waals surface area contributed by atoms with Gasteiger partial charge in [-0.05, 0) is 61.3 Å². The minimum absolute atomic E-state index is 0.0802. The van der Waals surface area contributed by atoms with Gasteiger partial charge in [-0.25, -0.2) is 4.39 Å². The molecule has 4 rings (SSSR count). The predicted octanol–water partition coefficient (Wildman–Crippen LogP) is 5.17. The highest BCUT2D eigenvalue weighted by atomic mass is 32.2. The standard InChI is InChI=1S/C23H29FO3S/c1-5-28-20-9-8-17-18-7-6-15-12-16(26)10-11-22(15,4)23(18,24)19(27-14(2)25)13-21(17,20)3/h9-12,17-19H,5-8,13H2,1-4H3/t17-,18-,19-,21-,22-,23-/m0/s1. The van der Waals surface area contributed by atoms with Crippen molar-refractivity contribution < 1.29 is 18.7 Å². The second kappa shape index (κ2) is 6.58. The zero-order valence-electron chi connectivity index (χ0n) is 17.1. The normalized spacial score (nSPS) is 44.2. The molecule has 5 heteroatoms. The molecule has 3 nitrogen and oxygen atoms in total. The summed E-state index contributed by atoms with van der Waals surface area (Å²) in [5.41, 5.74) is -1.93. The summed E-state index contributed by atoms with van der Waals surface area (Å²) in [6.07, 6.45) is 9.06. The topological polar surface area (TPSA) is 43.4 Å². The Hall–Kier alpha value is -1.36. The number of thioether (sulfide) groups is 1. The lowest BCUT2D eigenvalue weighted by Gasteiger charge is -2.62. The van der Waals surface area contributed by atoms with Crippen LogP contribution in [-0.4, -0.2) is 29.3 Å². The Balaban J connectivity index is 1.83. The van der Waals surface area contributed by atoms with Crippen LogP contribution in [0.1, 0.15) is 53.4 Å². The second-order valence-corrected chi connectivity index (χ2v) is 10.4. The first-order valence-electron chi connectivity index (χ1n) is 10.3. The molecule has 152 valence electrons. The first-order valence-corrected chi connectivity index (χ1v) is 11.3. The van der Waals surface area contributed by atoms with Gasteiger partial charge in [0.15, 0.2) is 11.5 Å². The number of ketones is 1. The summed E-state index contributed by atoms with van der Waals surface area (Å²) in [5, 5.41) is 0. The van der Waals surface area contributed by atoms with Crippen molar-refractivity contribution in [2.75, 3.05) is 5.75 Å². The minimum Gasteiger partial charge on any atom is -0.459 e. The predicted molar refractivity (Wildman–Crippen MR) is 110 cm³/mol. The SMILES string of the molecule is CCSC1=CC[C@H]2[C@@H]3CCC4=CC(=O)C=C[C@]4(C)[C@@]3(F)[C@@H](OC(C)=O)C[C@]12C. The number of allylic oxidation sites excluding steroid dienone is 6. The van der Waals surface area contributed by atoms with Crippen molar-refractivity contribution in [3.05, 3.63) is 34.8 Å². The first-order chi connectivity index (χ1) is 13.2. The highest BCUT2D eigenvalue weighted by Crippen LogP contribution is 2.69. The molecular formula is C23H29FO3S. The summed E-state index contributed by atoms with van der Waals surface area (Å²) in [5.74, 6) is 0.450. The molecule has 6 atom stereocenters. The zero-order chi connectivity index (χ0) is 20.3. The maximum Gasteiger partial charge on any atom is 0.303 e. The lowest BCUT2D eigenvalue weighted by molar-refractivity contribution is -0.205. The van der Waals surface area contributed by atoms with Crippen LogP contribution in [-0.2, 0) is 14.3 Å². The van der Waals surface area contributed by atoms with Crippen molar-refractivity contribution >= 4 is 23.5 Å².